The molecule has 0 aromatic heterocycles. The van der Waals surface area contributed by atoms with Crippen molar-refractivity contribution in [1.29, 1.82) is 0 Å². The van der Waals surface area contributed by atoms with Crippen LogP contribution in [0.5, 0.6) is 0 Å². The van der Waals surface area contributed by atoms with E-state index in [0.29, 0.717) is 25.4 Å². The zero-order chi connectivity index (χ0) is 15.0. The molecule has 1 aliphatic rings. The third kappa shape index (κ3) is 2.45. The summed E-state index contributed by atoms with van der Waals surface area (Å²) in [5, 5.41) is 9.28. The van der Waals surface area contributed by atoms with Gasteiger partial charge in [0, 0.05) is 12.2 Å². The van der Waals surface area contributed by atoms with E-state index in [1.54, 1.807) is 0 Å². The van der Waals surface area contributed by atoms with Crippen LogP contribution in [0.1, 0.15) is 26.3 Å². The van der Waals surface area contributed by atoms with Crippen LogP contribution in [0.2, 0.25) is 0 Å². The maximum absolute atomic E-state index is 11.3. The minimum absolute atomic E-state index is 0.239. The van der Waals surface area contributed by atoms with Crippen molar-refractivity contribution >= 4 is 11.8 Å². The maximum Gasteiger partial charge on any atom is 0.407 e. The van der Waals surface area contributed by atoms with Crippen molar-refractivity contribution in [2.24, 2.45) is 5.41 Å². The highest BCUT2D eigenvalue weighted by Gasteiger charge is 2.48. The molecule has 0 radical (unpaired) electrons. The molecule has 1 aliphatic heterocycles. The van der Waals surface area contributed by atoms with Crippen LogP contribution in [0.3, 0.4) is 0 Å². The third-order valence-corrected chi connectivity index (χ3v) is 3.98. The van der Waals surface area contributed by atoms with Gasteiger partial charge in [-0.1, -0.05) is 32.9 Å². The topological polar surface area (TPSA) is 75.8 Å². The van der Waals surface area contributed by atoms with Gasteiger partial charge in [0.25, 0.3) is 0 Å². The lowest BCUT2D eigenvalue weighted by molar-refractivity contribution is -0.166. The molecule has 0 saturated carbocycles. The summed E-state index contributed by atoms with van der Waals surface area (Å²) in [6.07, 6.45) is -0.905. The highest BCUT2D eigenvalue weighted by atomic mass is 16.5. The Kier molecular flexibility index (Phi) is 3.65. The summed E-state index contributed by atoms with van der Waals surface area (Å²) < 4.78 is 6.09. The quantitative estimate of drug-likeness (QED) is 0.774. The predicted molar refractivity (Wildman–Crippen MR) is 77.5 cm³/mol. The fourth-order valence-electron chi connectivity index (χ4n) is 2.70. The molecule has 3 N–H and O–H groups in total. The lowest BCUT2D eigenvalue weighted by Crippen LogP contribution is -2.57. The van der Waals surface area contributed by atoms with E-state index in [-0.39, 0.29) is 5.41 Å². The van der Waals surface area contributed by atoms with Gasteiger partial charge in [-0.25, -0.2) is 4.79 Å². The number of nitrogens with two attached hydrogens (primary N) is 1. The third-order valence-electron chi connectivity index (χ3n) is 3.98. The summed E-state index contributed by atoms with van der Waals surface area (Å²) >= 11 is 0. The van der Waals surface area contributed by atoms with Crippen molar-refractivity contribution in [1.82, 2.24) is 4.90 Å². The molecular formula is C15H22N2O3. The van der Waals surface area contributed by atoms with Gasteiger partial charge >= 0.3 is 6.09 Å². The summed E-state index contributed by atoms with van der Waals surface area (Å²) in [7, 11) is 0. The number of benzene rings is 1. The Morgan fingerprint density at radius 1 is 1.35 bits per heavy atom. The van der Waals surface area contributed by atoms with E-state index in [0.717, 1.165) is 5.56 Å². The van der Waals surface area contributed by atoms with E-state index in [1.807, 2.05) is 24.3 Å². The number of amides is 1. The molecule has 1 atom stereocenters. The number of carboxylic acid groups (broad SMARTS) is 1. The molecule has 1 fully saturated rings. The second kappa shape index (κ2) is 4.98. The fraction of sp³-hybridized carbons (Fsp3) is 0.533. The number of hydrogen-bond donors (Lipinski definition) is 2. The van der Waals surface area contributed by atoms with E-state index < -0.39 is 11.7 Å². The smallest absolute Gasteiger partial charge is 0.407 e. The Morgan fingerprint density at radius 2 is 1.95 bits per heavy atom. The number of rotatable bonds is 1. The first-order valence-electron chi connectivity index (χ1n) is 6.74. The molecular weight excluding hydrogens is 256 g/mol. The van der Waals surface area contributed by atoms with Crippen molar-refractivity contribution in [3.63, 3.8) is 0 Å². The molecule has 1 unspecified atom stereocenters. The molecule has 20 heavy (non-hydrogen) atoms. The first-order chi connectivity index (χ1) is 9.26. The zero-order valence-corrected chi connectivity index (χ0v) is 12.2. The summed E-state index contributed by atoms with van der Waals surface area (Å²) in [5.41, 5.74) is 6.49. The average Bonchev–Trinajstić information content (AvgIpc) is 2.38. The van der Waals surface area contributed by atoms with E-state index in [4.69, 9.17) is 10.5 Å². The number of carbonyl (C=O) groups is 1. The average molecular weight is 278 g/mol. The minimum Gasteiger partial charge on any atom is -0.465 e. The van der Waals surface area contributed by atoms with Crippen molar-refractivity contribution in [2.45, 2.75) is 26.4 Å². The molecule has 5 heteroatoms. The Morgan fingerprint density at radius 3 is 2.45 bits per heavy atom. The Balaban J connectivity index is 2.46. The van der Waals surface area contributed by atoms with E-state index in [1.165, 1.54) is 4.90 Å². The fourth-order valence-corrected chi connectivity index (χ4v) is 2.70. The number of anilines is 1. The molecule has 1 heterocycles. The maximum atomic E-state index is 11.3. The Labute approximate surface area is 119 Å². The summed E-state index contributed by atoms with van der Waals surface area (Å²) in [6, 6.07) is 7.50. The molecule has 5 nitrogen and oxygen atoms in total. The van der Waals surface area contributed by atoms with Crippen LogP contribution in [-0.4, -0.2) is 35.8 Å². The lowest BCUT2D eigenvalue weighted by Gasteiger charge is -2.50. The Hall–Kier alpha value is -1.75. The largest absolute Gasteiger partial charge is 0.465 e. The van der Waals surface area contributed by atoms with Gasteiger partial charge in [-0.3, -0.25) is 0 Å². The summed E-state index contributed by atoms with van der Waals surface area (Å²) in [6.45, 7) is 7.32. The number of hydrogen-bond acceptors (Lipinski definition) is 3. The van der Waals surface area contributed by atoms with Crippen LogP contribution in [0.15, 0.2) is 24.3 Å². The molecule has 2 rings (SSSR count). The van der Waals surface area contributed by atoms with Crippen LogP contribution >= 0.6 is 0 Å². The van der Waals surface area contributed by atoms with Crippen LogP contribution in [0.25, 0.3) is 0 Å². The van der Waals surface area contributed by atoms with Crippen LogP contribution in [0.4, 0.5) is 10.5 Å². The highest BCUT2D eigenvalue weighted by Crippen LogP contribution is 2.45. The van der Waals surface area contributed by atoms with Crippen molar-refractivity contribution in [3.05, 3.63) is 29.8 Å². The Bertz CT molecular complexity index is 493. The molecule has 1 aromatic rings. The van der Waals surface area contributed by atoms with Gasteiger partial charge in [0.1, 0.15) is 5.60 Å². The molecule has 110 valence electrons. The van der Waals surface area contributed by atoms with Crippen molar-refractivity contribution in [2.75, 3.05) is 25.4 Å². The SMILES string of the molecule is CC(C)(C)C1(c2ccc(N)cc2)CN(C(=O)O)CCO1. The van der Waals surface area contributed by atoms with Gasteiger partial charge in [0.2, 0.25) is 0 Å². The van der Waals surface area contributed by atoms with Gasteiger partial charge in [-0.05, 0) is 23.1 Å². The van der Waals surface area contributed by atoms with Gasteiger partial charge < -0.3 is 20.5 Å². The van der Waals surface area contributed by atoms with Crippen molar-refractivity contribution < 1.29 is 14.6 Å². The van der Waals surface area contributed by atoms with Gasteiger partial charge in [-0.2, -0.15) is 0 Å². The zero-order valence-electron chi connectivity index (χ0n) is 12.2. The van der Waals surface area contributed by atoms with Crippen LogP contribution in [0, 0.1) is 5.41 Å². The van der Waals surface area contributed by atoms with Crippen LogP contribution < -0.4 is 5.73 Å². The van der Waals surface area contributed by atoms with E-state index in [2.05, 4.69) is 20.8 Å². The predicted octanol–water partition coefficient (Wildman–Crippen LogP) is 2.52. The monoisotopic (exact) mass is 278 g/mol. The van der Waals surface area contributed by atoms with E-state index in [9.17, 15) is 9.90 Å². The number of nitrogen functional groups attached to an aromatic ring is 1. The number of nitrogens with zero attached hydrogens (tertiary/aromatic N) is 1. The molecule has 0 aliphatic carbocycles. The van der Waals surface area contributed by atoms with Gasteiger partial charge in [-0.15, -0.1) is 0 Å². The molecule has 1 amide bonds. The first kappa shape index (κ1) is 14.7. The summed E-state index contributed by atoms with van der Waals surface area (Å²) in [4.78, 5) is 12.7. The van der Waals surface area contributed by atoms with Crippen molar-refractivity contribution in [3.8, 4) is 0 Å². The standard InChI is InChI=1S/C15H22N2O3/c1-14(2,3)15(11-4-6-12(16)7-5-11)10-17(13(18)19)8-9-20-15/h4-7H,8-10,16H2,1-3H3,(H,18,19). The number of ether oxygens (including phenoxy) is 1. The highest BCUT2D eigenvalue weighted by molar-refractivity contribution is 5.65. The van der Waals surface area contributed by atoms with Gasteiger partial charge in [0.15, 0.2) is 0 Å². The number of morpholine rings is 1. The minimum atomic E-state index is -0.905. The summed E-state index contributed by atoms with van der Waals surface area (Å²) in [5.74, 6) is 0. The second-order valence-corrected chi connectivity index (χ2v) is 6.25. The van der Waals surface area contributed by atoms with Crippen LogP contribution in [-0.2, 0) is 10.3 Å². The molecule has 0 bridgehead atoms. The molecule has 1 saturated heterocycles. The first-order valence-corrected chi connectivity index (χ1v) is 6.74. The normalized spacial score (nSPS) is 23.6. The molecule has 0 spiro atoms. The van der Waals surface area contributed by atoms with Gasteiger partial charge in [0.05, 0.1) is 13.2 Å². The van der Waals surface area contributed by atoms with E-state index >= 15 is 0 Å². The second-order valence-electron chi connectivity index (χ2n) is 6.25. The molecule has 1 aromatic carbocycles. The lowest BCUT2D eigenvalue weighted by atomic mass is 9.71.